The monoisotopic (exact) mass is 297 g/mol. The largest absolute Gasteiger partial charge is 0.447 e. The summed E-state index contributed by atoms with van der Waals surface area (Å²) in [5, 5.41) is 0.00986. The standard InChI is InChI=1S/C16H21N3O2/c1-19(2)6-5-12-9-17-15-4-3-11(8-14(12)15)7-13-10-21-16(20)18-13/h3-4,8-9,13,17H,5-7,10H2,1-2H3,(H,18,20)/t13-/m0/s1/i5D2,6D2,7D2,9D,13D/hD2. The van der Waals surface area contributed by atoms with E-state index in [0.717, 1.165) is 11.0 Å². The summed E-state index contributed by atoms with van der Waals surface area (Å²) in [7, 11) is 2.66. The third kappa shape index (κ3) is 3.19. The van der Waals surface area contributed by atoms with Gasteiger partial charge in [-0.1, -0.05) is 6.07 Å². The number of ether oxygens (including phenoxy) is 1. The van der Waals surface area contributed by atoms with E-state index in [1.807, 2.05) is 0 Å². The van der Waals surface area contributed by atoms with Crippen LogP contribution in [-0.4, -0.2) is 49.2 Å². The summed E-state index contributed by atoms with van der Waals surface area (Å²) in [5.74, 6) is 0. The summed E-state index contributed by atoms with van der Waals surface area (Å²) in [6, 6.07) is 1.18. The Balaban J connectivity index is 2.26. The Morgan fingerprint density at radius 2 is 2.48 bits per heavy atom. The molecule has 1 saturated heterocycles. The van der Waals surface area contributed by atoms with Crippen LogP contribution in [0, 0.1) is 0 Å². The lowest BCUT2D eigenvalue weighted by molar-refractivity contribution is 0.177. The average Bonchev–Trinajstić information content (AvgIpc) is 3.10. The molecule has 2 heterocycles. The first kappa shape index (κ1) is 6.40. The van der Waals surface area contributed by atoms with E-state index in [4.69, 9.17) is 13.8 Å². The maximum Gasteiger partial charge on any atom is 0.407 e. The molecule has 0 unspecified atom stereocenters. The molecule has 3 rings (SSSR count). The summed E-state index contributed by atoms with van der Waals surface area (Å²) in [6.45, 7) is -3.28. The fraction of sp³-hybridized carbons (Fsp3) is 0.438. The number of carbonyl (C=O) groups excluding carboxylic acids is 1. The van der Waals surface area contributed by atoms with Crippen molar-refractivity contribution in [3.8, 4) is 0 Å². The van der Waals surface area contributed by atoms with E-state index in [0.29, 0.717) is 4.98 Å². The predicted molar refractivity (Wildman–Crippen MR) is 82.5 cm³/mol. The summed E-state index contributed by atoms with van der Waals surface area (Å²) >= 11 is 0. The molecule has 1 atom stereocenters. The number of rotatable bonds is 5. The topological polar surface area (TPSA) is 57.4 Å². The van der Waals surface area contributed by atoms with Crippen molar-refractivity contribution < 1.29 is 23.3 Å². The molecule has 21 heavy (non-hydrogen) atoms. The Kier molecular flexibility index (Phi) is 1.76. The fourth-order valence-corrected chi connectivity index (χ4v) is 1.89. The highest BCUT2D eigenvalue weighted by Crippen LogP contribution is 2.21. The number of alkyl carbamates (subject to hydrolysis) is 1. The molecular weight excluding hydrogens is 266 g/mol. The van der Waals surface area contributed by atoms with Crippen molar-refractivity contribution in [3.05, 3.63) is 35.5 Å². The van der Waals surface area contributed by atoms with Crippen LogP contribution in [0.2, 0.25) is 2.82 Å². The van der Waals surface area contributed by atoms with Crippen LogP contribution < -0.4 is 5.31 Å². The van der Waals surface area contributed by atoms with Gasteiger partial charge >= 0.3 is 6.09 Å². The van der Waals surface area contributed by atoms with Crippen LogP contribution in [0.4, 0.5) is 4.79 Å². The van der Waals surface area contributed by atoms with Crippen LogP contribution in [0.3, 0.4) is 0 Å². The van der Waals surface area contributed by atoms with Crippen LogP contribution in [0.5, 0.6) is 0 Å². The molecule has 2 N–H and O–H groups in total. The van der Waals surface area contributed by atoms with Gasteiger partial charge in [0.05, 0.1) is 8.76 Å². The van der Waals surface area contributed by atoms with E-state index >= 15 is 0 Å². The van der Waals surface area contributed by atoms with Crippen LogP contribution in [0.15, 0.2) is 24.4 Å². The summed E-state index contributed by atoms with van der Waals surface area (Å²) < 4.78 is 87.1. The quantitative estimate of drug-likeness (QED) is 0.886. The molecule has 1 aliphatic heterocycles. The number of hydrogen-bond acceptors (Lipinski definition) is 3. The number of benzene rings is 1. The first-order chi connectivity index (χ1) is 14.0. The lowest BCUT2D eigenvalue weighted by atomic mass is 10.0. The zero-order chi connectivity index (χ0) is 23.7. The number of fused-ring (bicyclic) bond motifs is 1. The molecule has 0 radical (unpaired) electrons. The highest BCUT2D eigenvalue weighted by Gasteiger charge is 2.22. The second-order valence-corrected chi connectivity index (χ2v) is 4.70. The Labute approximate surface area is 138 Å². The number of aromatic amines is 1. The summed E-state index contributed by atoms with van der Waals surface area (Å²) in [6.07, 6.45) is -7.20. The van der Waals surface area contributed by atoms with Gasteiger partial charge in [-0.25, -0.2) is 4.79 Å². The number of cyclic esters (lactones) is 1. The van der Waals surface area contributed by atoms with Gasteiger partial charge < -0.3 is 19.9 Å². The minimum absolute atomic E-state index is 0.0403. The van der Waals surface area contributed by atoms with Crippen molar-refractivity contribution in [2.75, 3.05) is 27.2 Å². The number of aromatic nitrogens is 1. The minimum Gasteiger partial charge on any atom is -0.447 e. The molecule has 5 heteroatoms. The van der Waals surface area contributed by atoms with Gasteiger partial charge in [-0.15, -0.1) is 0 Å². The summed E-state index contributed by atoms with van der Waals surface area (Å²) in [4.78, 5) is 13.2. The van der Waals surface area contributed by atoms with Crippen LogP contribution in [0.1, 0.15) is 22.1 Å². The number of nitrogens with one attached hydrogen (secondary N) is 2. The van der Waals surface area contributed by atoms with E-state index in [-0.39, 0.29) is 21.8 Å². The second-order valence-electron chi connectivity index (χ2n) is 4.70. The molecule has 0 saturated carbocycles. The van der Waals surface area contributed by atoms with Gasteiger partial charge in [0, 0.05) is 31.8 Å². The Bertz CT molecular complexity index is 1050. The molecule has 112 valence electrons. The number of hydrogen-bond donors (Lipinski definition) is 2. The number of amides is 1. The van der Waals surface area contributed by atoms with E-state index in [1.165, 1.54) is 26.2 Å². The maximum absolute atomic E-state index is 11.6. The van der Waals surface area contributed by atoms with Crippen molar-refractivity contribution in [1.29, 1.82) is 0 Å². The Hall–Kier alpha value is -2.01. The number of carbonyl (C=O) groups is 1. The van der Waals surface area contributed by atoms with Gasteiger partial charge in [0.15, 0.2) is 2.82 Å². The van der Waals surface area contributed by atoms with Gasteiger partial charge in [-0.2, -0.15) is 0 Å². The van der Waals surface area contributed by atoms with Gasteiger partial charge in [-0.05, 0) is 50.1 Å². The third-order valence-corrected chi connectivity index (χ3v) is 2.81. The highest BCUT2D eigenvalue weighted by molar-refractivity contribution is 5.84. The Morgan fingerprint density at radius 3 is 3.19 bits per heavy atom. The normalized spacial score (nSPS) is 31.2. The minimum atomic E-state index is -2.77. The average molecular weight is 297 g/mol. The van der Waals surface area contributed by atoms with Crippen molar-refractivity contribution in [1.82, 2.24) is 15.2 Å². The smallest absolute Gasteiger partial charge is 0.407 e. The SMILES string of the molecule is [2H]c1c(C([2H])([2H])C([2H])([2H])N(C)C)c2cc(C([2H])([2H])[C@@]3([2H])COC(=O)N3[2H])ccc2n1[2H]. The lowest BCUT2D eigenvalue weighted by Crippen LogP contribution is -2.28. The molecule has 5 nitrogen and oxygen atoms in total. The highest BCUT2D eigenvalue weighted by atomic mass is 16.6. The number of likely N-dealkylation sites (N-methyl/N-ethyl adjacent to an activating group) is 1. The number of nitrogens with zero attached hydrogens (tertiary/aromatic N) is 1. The van der Waals surface area contributed by atoms with Crippen LogP contribution in [0.25, 0.3) is 10.9 Å². The maximum atomic E-state index is 11.6. The Morgan fingerprint density at radius 1 is 1.62 bits per heavy atom. The molecule has 0 bridgehead atoms. The van der Waals surface area contributed by atoms with E-state index in [1.54, 1.807) is 0 Å². The molecule has 1 aliphatic rings. The lowest BCUT2D eigenvalue weighted by Gasteiger charge is -2.09. The van der Waals surface area contributed by atoms with Crippen molar-refractivity contribution >= 4 is 17.0 Å². The zero-order valence-electron chi connectivity index (χ0n) is 21.6. The van der Waals surface area contributed by atoms with Gasteiger partial charge in [0.25, 0.3) is 0 Å². The van der Waals surface area contributed by atoms with Gasteiger partial charge in [0.2, 0.25) is 0 Å². The zero-order valence-corrected chi connectivity index (χ0v) is 11.6. The predicted octanol–water partition coefficient (Wildman–Crippen LogP) is 1.92. The van der Waals surface area contributed by atoms with Gasteiger partial charge in [0.1, 0.15) is 6.61 Å². The van der Waals surface area contributed by atoms with E-state index in [9.17, 15) is 4.79 Å². The number of H-pyrrole nitrogens is 1. The van der Waals surface area contributed by atoms with Crippen molar-refractivity contribution in [2.24, 2.45) is 0 Å². The molecule has 1 fully saturated rings. The first-order valence-corrected chi connectivity index (χ1v) is 6.30. The third-order valence-electron chi connectivity index (χ3n) is 2.81. The molecule has 1 aromatic carbocycles. The fourth-order valence-electron chi connectivity index (χ4n) is 1.89. The molecule has 2 aromatic rings. The summed E-state index contributed by atoms with van der Waals surface area (Å²) in [5.41, 5.74) is -0.619. The van der Waals surface area contributed by atoms with Crippen molar-refractivity contribution in [3.63, 3.8) is 0 Å². The van der Waals surface area contributed by atoms with Gasteiger partial charge in [-0.3, -0.25) is 0 Å². The molecular formula is C16H21N3O2. The first-order valence-electron chi connectivity index (χ1n) is 11.2. The van der Waals surface area contributed by atoms with Crippen molar-refractivity contribution in [2.45, 2.75) is 18.8 Å². The molecule has 1 aromatic heterocycles. The molecule has 0 aliphatic carbocycles. The number of aryl methyl sites for hydroxylation is 1. The second kappa shape index (κ2) is 5.77. The van der Waals surface area contributed by atoms with E-state index in [2.05, 4.69) is 4.74 Å². The molecule has 1 amide bonds. The van der Waals surface area contributed by atoms with Crippen LogP contribution in [-0.2, 0) is 17.5 Å². The van der Waals surface area contributed by atoms with Crippen LogP contribution >= 0.6 is 0 Å². The van der Waals surface area contributed by atoms with E-state index < -0.39 is 49.7 Å². The molecule has 0 spiro atoms.